The number of nitrogens with zero attached hydrogens (tertiary/aromatic N) is 2. The van der Waals surface area contributed by atoms with E-state index in [2.05, 4.69) is 0 Å². The summed E-state index contributed by atoms with van der Waals surface area (Å²) in [7, 11) is 1.64. The molecule has 0 unspecified atom stereocenters. The summed E-state index contributed by atoms with van der Waals surface area (Å²) < 4.78 is 57.1. The number of aromatic nitrogens is 2. The lowest BCUT2D eigenvalue weighted by atomic mass is 10.1. The van der Waals surface area contributed by atoms with Crippen molar-refractivity contribution in [2.45, 2.75) is 19.5 Å². The Labute approximate surface area is 278 Å². The number of hydrogen-bond donors (Lipinski definition) is 0. The van der Waals surface area contributed by atoms with Crippen LogP contribution in [-0.2, 0) is 65.3 Å². The summed E-state index contributed by atoms with van der Waals surface area (Å²) in [6.07, 6.45) is 5.67. The number of imidazole rings is 1. The lowest BCUT2D eigenvalue weighted by Gasteiger charge is -2.09. The zero-order valence-electron chi connectivity index (χ0n) is 27.8. The second-order valence-electron chi connectivity index (χ2n) is 9.98. The highest BCUT2D eigenvalue weighted by Crippen LogP contribution is 2.00. The molecule has 2 rings (SSSR count). The van der Waals surface area contributed by atoms with Gasteiger partial charge in [-0.3, -0.25) is 9.59 Å². The summed E-state index contributed by atoms with van der Waals surface area (Å²) in [6, 6.07) is 9.15. The number of hydrogen-bond acceptors (Lipinski definition) is 12. The minimum Gasteiger partial charge on any atom is -0.463 e. The largest absolute Gasteiger partial charge is 0.463 e. The number of Topliss-reactive ketones (excluding diaryl/α,β-unsaturated/α-hetero) is 1. The number of ketones is 1. The first-order valence-electron chi connectivity index (χ1n) is 16.1. The molecule has 1 aromatic heterocycles. The van der Waals surface area contributed by atoms with Gasteiger partial charge >= 0.3 is 5.97 Å². The Bertz CT molecular complexity index is 1020. The van der Waals surface area contributed by atoms with Crippen LogP contribution in [0.2, 0.25) is 0 Å². The standard InChI is InChI=1S/C33H53N2O12/c1-38-11-12-39-13-14-40-15-16-41-17-18-42-19-20-43-21-22-44-23-24-45-25-26-46-27-28-47-33(37)7-8-34-9-10-35(30-34)29-32(36)31-5-3-2-4-6-31/h2-6,9-10,30H,7-8,11-29H2,1H3/q+1. The smallest absolute Gasteiger partial charge is 0.309 e. The second kappa shape index (κ2) is 29.4. The number of ether oxygens (including phenoxy) is 10. The van der Waals surface area contributed by atoms with Gasteiger partial charge in [-0.1, -0.05) is 30.3 Å². The summed E-state index contributed by atoms with van der Waals surface area (Å²) >= 11 is 0. The molecule has 2 aromatic rings. The maximum Gasteiger partial charge on any atom is 0.309 e. The molecule has 266 valence electrons. The van der Waals surface area contributed by atoms with E-state index in [9.17, 15) is 9.59 Å². The molecule has 0 aliphatic heterocycles. The van der Waals surface area contributed by atoms with E-state index in [1.807, 2.05) is 35.2 Å². The van der Waals surface area contributed by atoms with Crippen molar-refractivity contribution in [3.8, 4) is 0 Å². The van der Waals surface area contributed by atoms with Crippen LogP contribution in [0.25, 0.3) is 0 Å². The maximum absolute atomic E-state index is 12.3. The Hall–Kier alpha value is -2.79. The molecular weight excluding hydrogens is 616 g/mol. The predicted molar refractivity (Wildman–Crippen MR) is 169 cm³/mol. The van der Waals surface area contributed by atoms with Crippen LogP contribution in [0.15, 0.2) is 49.1 Å². The molecule has 0 amide bonds. The molecule has 47 heavy (non-hydrogen) atoms. The van der Waals surface area contributed by atoms with Gasteiger partial charge in [-0.15, -0.1) is 0 Å². The van der Waals surface area contributed by atoms with Crippen molar-refractivity contribution in [2.75, 3.05) is 126 Å². The fourth-order valence-electron chi connectivity index (χ4n) is 3.84. The van der Waals surface area contributed by atoms with Gasteiger partial charge in [0.05, 0.1) is 119 Å². The van der Waals surface area contributed by atoms with Crippen LogP contribution >= 0.6 is 0 Å². The fourth-order valence-corrected chi connectivity index (χ4v) is 3.84. The Morgan fingerprint density at radius 3 is 1.47 bits per heavy atom. The van der Waals surface area contributed by atoms with Gasteiger partial charge in [0.25, 0.3) is 0 Å². The van der Waals surface area contributed by atoms with Crippen LogP contribution in [-0.4, -0.2) is 142 Å². The highest BCUT2D eigenvalue weighted by atomic mass is 16.6. The average molecular weight is 670 g/mol. The van der Waals surface area contributed by atoms with E-state index in [1.165, 1.54) is 0 Å². The lowest BCUT2D eigenvalue weighted by Crippen LogP contribution is -2.35. The van der Waals surface area contributed by atoms with Crippen molar-refractivity contribution in [3.05, 3.63) is 54.6 Å². The SMILES string of the molecule is COCCOCCOCCOCCOCCOCCOCCOCCOCCOC(=O)CCn1cc[n+](CC(=O)c2ccccc2)c1. The van der Waals surface area contributed by atoms with Crippen molar-refractivity contribution < 1.29 is 61.5 Å². The highest BCUT2D eigenvalue weighted by molar-refractivity contribution is 5.94. The normalized spacial score (nSPS) is 11.3. The van der Waals surface area contributed by atoms with Crippen molar-refractivity contribution in [1.82, 2.24) is 4.57 Å². The second-order valence-corrected chi connectivity index (χ2v) is 9.98. The predicted octanol–water partition coefficient (Wildman–Crippen LogP) is 1.37. The van der Waals surface area contributed by atoms with E-state index < -0.39 is 0 Å². The van der Waals surface area contributed by atoms with Gasteiger partial charge in [0, 0.05) is 12.7 Å². The van der Waals surface area contributed by atoms with E-state index in [-0.39, 0.29) is 31.3 Å². The first-order valence-corrected chi connectivity index (χ1v) is 16.1. The van der Waals surface area contributed by atoms with E-state index in [0.717, 1.165) is 0 Å². The molecule has 14 nitrogen and oxygen atoms in total. The molecule has 1 aromatic carbocycles. The fraction of sp³-hybridized carbons (Fsp3) is 0.667. The molecule has 0 aliphatic rings. The molecule has 0 spiro atoms. The zero-order chi connectivity index (χ0) is 33.5. The average Bonchev–Trinajstić information content (AvgIpc) is 3.54. The Morgan fingerprint density at radius 1 is 0.596 bits per heavy atom. The van der Waals surface area contributed by atoms with Crippen LogP contribution < -0.4 is 4.57 Å². The van der Waals surface area contributed by atoms with Gasteiger partial charge < -0.3 is 47.4 Å². The van der Waals surface area contributed by atoms with E-state index >= 15 is 0 Å². The molecule has 0 atom stereocenters. The van der Waals surface area contributed by atoms with E-state index in [4.69, 9.17) is 47.4 Å². The minimum absolute atomic E-state index is 0.0275. The molecule has 0 fully saturated rings. The Morgan fingerprint density at radius 2 is 1.02 bits per heavy atom. The van der Waals surface area contributed by atoms with Gasteiger partial charge in [0.1, 0.15) is 25.5 Å². The van der Waals surface area contributed by atoms with Crippen LogP contribution in [0.3, 0.4) is 0 Å². The topological polar surface area (TPSA) is 135 Å². The maximum atomic E-state index is 12.3. The van der Waals surface area contributed by atoms with Crippen molar-refractivity contribution in [2.24, 2.45) is 0 Å². The summed E-state index contributed by atoms with van der Waals surface area (Å²) in [5, 5.41) is 0. The first kappa shape index (κ1) is 40.4. The first-order chi connectivity index (χ1) is 23.2. The number of benzene rings is 1. The lowest BCUT2D eigenvalue weighted by molar-refractivity contribution is -0.682. The number of esters is 1. The van der Waals surface area contributed by atoms with Gasteiger partial charge in [0.2, 0.25) is 12.1 Å². The number of carbonyl (C=O) groups is 2. The molecule has 1 heterocycles. The number of rotatable bonds is 33. The van der Waals surface area contributed by atoms with Gasteiger partial charge in [-0.2, -0.15) is 0 Å². The molecule has 14 heteroatoms. The highest BCUT2D eigenvalue weighted by Gasteiger charge is 2.12. The van der Waals surface area contributed by atoms with Gasteiger partial charge in [-0.25, -0.2) is 9.13 Å². The molecule has 0 bridgehead atoms. The monoisotopic (exact) mass is 669 g/mol. The Kier molecular flexibility index (Phi) is 25.2. The molecule has 0 aliphatic carbocycles. The zero-order valence-corrected chi connectivity index (χ0v) is 27.8. The third kappa shape index (κ3) is 23.2. The number of carbonyl (C=O) groups excluding carboxylic acids is 2. The summed E-state index contributed by atoms with van der Waals surface area (Å²) in [5.74, 6) is -0.279. The molecule has 0 radical (unpaired) electrons. The van der Waals surface area contributed by atoms with Crippen LogP contribution in [0.1, 0.15) is 16.8 Å². The Balaban J connectivity index is 1.25. The van der Waals surface area contributed by atoms with E-state index in [0.29, 0.717) is 124 Å². The number of methoxy groups -OCH3 is 1. The van der Waals surface area contributed by atoms with Crippen molar-refractivity contribution >= 4 is 11.8 Å². The van der Waals surface area contributed by atoms with Crippen LogP contribution in [0, 0.1) is 0 Å². The minimum atomic E-state index is -0.307. The van der Waals surface area contributed by atoms with Crippen LogP contribution in [0.4, 0.5) is 0 Å². The van der Waals surface area contributed by atoms with Gasteiger partial charge in [-0.05, 0) is 0 Å². The van der Waals surface area contributed by atoms with Gasteiger partial charge in [0.15, 0.2) is 6.54 Å². The quantitative estimate of drug-likeness (QED) is 0.0470. The number of aryl methyl sites for hydroxylation is 1. The van der Waals surface area contributed by atoms with Crippen LogP contribution in [0.5, 0.6) is 0 Å². The summed E-state index contributed by atoms with van der Waals surface area (Å²) in [5.41, 5.74) is 0.670. The molecule has 0 N–H and O–H groups in total. The summed E-state index contributed by atoms with van der Waals surface area (Å²) in [6.45, 7) is 9.16. The van der Waals surface area contributed by atoms with Crippen molar-refractivity contribution in [1.29, 1.82) is 0 Å². The third-order valence-electron chi connectivity index (χ3n) is 6.27. The molecule has 0 saturated carbocycles. The molecule has 0 saturated heterocycles. The third-order valence-corrected chi connectivity index (χ3v) is 6.27. The van der Waals surface area contributed by atoms with Crippen molar-refractivity contribution in [3.63, 3.8) is 0 Å². The van der Waals surface area contributed by atoms with E-state index in [1.54, 1.807) is 30.1 Å². The molecular formula is C33H53N2O12+. The summed E-state index contributed by atoms with van der Waals surface area (Å²) in [4.78, 5) is 24.3.